The zero-order valence-corrected chi connectivity index (χ0v) is 13.3. The molecule has 1 saturated carbocycles. The lowest BCUT2D eigenvalue weighted by Crippen LogP contribution is -2.35. The molecule has 0 unspecified atom stereocenters. The molecule has 1 aliphatic heterocycles. The molecule has 2 amide bonds. The average Bonchev–Trinajstić information content (AvgIpc) is 3.23. The minimum Gasteiger partial charge on any atom is -0.442 e. The molecule has 21 heavy (non-hydrogen) atoms. The molecule has 112 valence electrons. The third-order valence-corrected chi connectivity index (χ3v) is 4.42. The van der Waals surface area contributed by atoms with Crippen LogP contribution in [0.15, 0.2) is 18.2 Å². The first-order valence-corrected chi connectivity index (χ1v) is 7.83. The predicted molar refractivity (Wildman–Crippen MR) is 82.5 cm³/mol. The van der Waals surface area contributed by atoms with E-state index >= 15 is 0 Å². The van der Waals surface area contributed by atoms with Crippen LogP contribution in [0.4, 0.5) is 14.9 Å². The highest BCUT2D eigenvalue weighted by molar-refractivity contribution is 14.1. The Morgan fingerprint density at radius 1 is 1.48 bits per heavy atom. The maximum Gasteiger partial charge on any atom is 0.414 e. The van der Waals surface area contributed by atoms with E-state index in [1.54, 1.807) is 12.1 Å². The number of anilines is 1. The highest BCUT2D eigenvalue weighted by atomic mass is 127. The molecule has 1 saturated heterocycles. The molecule has 1 aromatic carbocycles. The molecule has 3 rings (SSSR count). The Kier molecular flexibility index (Phi) is 4.01. The lowest BCUT2D eigenvalue weighted by Gasteiger charge is -2.13. The van der Waals surface area contributed by atoms with Crippen LogP contribution < -0.4 is 10.2 Å². The van der Waals surface area contributed by atoms with Gasteiger partial charge in [0.2, 0.25) is 5.91 Å². The highest BCUT2D eigenvalue weighted by Crippen LogP contribution is 2.29. The summed E-state index contributed by atoms with van der Waals surface area (Å²) in [7, 11) is 0. The summed E-state index contributed by atoms with van der Waals surface area (Å²) in [6.07, 6.45) is 0.957. The first-order valence-electron chi connectivity index (χ1n) is 6.75. The van der Waals surface area contributed by atoms with Crippen molar-refractivity contribution in [1.82, 2.24) is 5.32 Å². The van der Waals surface area contributed by atoms with E-state index < -0.39 is 12.2 Å². The summed E-state index contributed by atoms with van der Waals surface area (Å²) in [6, 6.07) is 4.60. The Balaban J connectivity index is 1.61. The van der Waals surface area contributed by atoms with Crippen LogP contribution in [0.5, 0.6) is 0 Å². The predicted octanol–water partition coefficient (Wildman–Crippen LogP) is 2.28. The molecule has 7 heteroatoms. The average molecular weight is 404 g/mol. The standard InChI is InChI=1S/C14H14FIN2O3/c15-11-5-9(3-4-12(11)16)18-7-10(21-14(18)20)6-17-13(19)8-1-2-8/h3-5,8,10H,1-2,6-7H2,(H,17,19)/t10-/m1/s1. The molecule has 1 N–H and O–H groups in total. The van der Waals surface area contributed by atoms with Crippen LogP contribution in [0.1, 0.15) is 12.8 Å². The van der Waals surface area contributed by atoms with Crippen LogP contribution >= 0.6 is 22.6 Å². The van der Waals surface area contributed by atoms with E-state index in [0.717, 1.165) is 12.8 Å². The van der Waals surface area contributed by atoms with Gasteiger partial charge in [0, 0.05) is 9.49 Å². The third kappa shape index (κ3) is 3.28. The lowest BCUT2D eigenvalue weighted by atomic mass is 10.2. The van der Waals surface area contributed by atoms with E-state index in [9.17, 15) is 14.0 Å². The molecule has 1 atom stereocenters. The zero-order valence-electron chi connectivity index (χ0n) is 11.1. The third-order valence-electron chi connectivity index (χ3n) is 3.54. The van der Waals surface area contributed by atoms with E-state index in [2.05, 4.69) is 5.32 Å². The first kappa shape index (κ1) is 14.6. The van der Waals surface area contributed by atoms with Gasteiger partial charge in [0.25, 0.3) is 0 Å². The summed E-state index contributed by atoms with van der Waals surface area (Å²) in [5.74, 6) is -0.223. The number of carbonyl (C=O) groups is 2. The van der Waals surface area contributed by atoms with Crippen molar-refractivity contribution in [3.05, 3.63) is 27.6 Å². The molecule has 0 radical (unpaired) electrons. The number of carbonyl (C=O) groups excluding carboxylic acids is 2. The summed E-state index contributed by atoms with van der Waals surface area (Å²) in [5, 5.41) is 2.78. The second kappa shape index (κ2) is 5.78. The Morgan fingerprint density at radius 2 is 2.24 bits per heavy atom. The van der Waals surface area contributed by atoms with Crippen LogP contribution in [0.2, 0.25) is 0 Å². The molecule has 1 aliphatic carbocycles. The fourth-order valence-corrected chi connectivity index (χ4v) is 2.53. The molecular formula is C14H14FIN2O3. The molecule has 0 aromatic heterocycles. The number of nitrogens with one attached hydrogen (secondary N) is 1. The fourth-order valence-electron chi connectivity index (χ4n) is 2.20. The topological polar surface area (TPSA) is 58.6 Å². The van der Waals surface area contributed by atoms with Gasteiger partial charge in [-0.1, -0.05) is 0 Å². The van der Waals surface area contributed by atoms with Gasteiger partial charge in [-0.05, 0) is 53.6 Å². The maximum atomic E-state index is 13.6. The lowest BCUT2D eigenvalue weighted by molar-refractivity contribution is -0.122. The molecule has 0 bridgehead atoms. The van der Waals surface area contributed by atoms with Crippen molar-refractivity contribution in [2.75, 3.05) is 18.0 Å². The number of ether oxygens (including phenoxy) is 1. The van der Waals surface area contributed by atoms with Crippen LogP contribution in [0.3, 0.4) is 0 Å². The minimum atomic E-state index is -0.513. The number of hydrogen-bond donors (Lipinski definition) is 1. The van der Waals surface area contributed by atoms with Gasteiger partial charge < -0.3 is 10.1 Å². The first-order chi connectivity index (χ1) is 10.0. The number of cyclic esters (lactones) is 1. The van der Waals surface area contributed by atoms with Crippen molar-refractivity contribution in [3.8, 4) is 0 Å². The number of rotatable bonds is 4. The van der Waals surface area contributed by atoms with E-state index in [0.29, 0.717) is 22.3 Å². The summed E-state index contributed by atoms with van der Waals surface area (Å²) in [6.45, 7) is 0.605. The number of hydrogen-bond acceptors (Lipinski definition) is 3. The van der Waals surface area contributed by atoms with E-state index in [4.69, 9.17) is 4.74 Å². The molecule has 5 nitrogen and oxygen atoms in total. The van der Waals surface area contributed by atoms with Crippen LogP contribution in [-0.4, -0.2) is 31.2 Å². The van der Waals surface area contributed by atoms with Crippen molar-refractivity contribution in [2.24, 2.45) is 5.92 Å². The van der Waals surface area contributed by atoms with Gasteiger partial charge >= 0.3 is 6.09 Å². The van der Waals surface area contributed by atoms with Gasteiger partial charge in [0.1, 0.15) is 11.9 Å². The zero-order chi connectivity index (χ0) is 15.0. The summed E-state index contributed by atoms with van der Waals surface area (Å²) in [5.41, 5.74) is 0.467. The van der Waals surface area contributed by atoms with Crippen LogP contribution in [-0.2, 0) is 9.53 Å². The maximum absolute atomic E-state index is 13.6. The quantitative estimate of drug-likeness (QED) is 0.784. The van der Waals surface area contributed by atoms with Crippen LogP contribution in [0.25, 0.3) is 0 Å². The van der Waals surface area contributed by atoms with Crippen molar-refractivity contribution < 1.29 is 18.7 Å². The molecule has 1 heterocycles. The van der Waals surface area contributed by atoms with Gasteiger partial charge in [-0.2, -0.15) is 0 Å². The fraction of sp³-hybridized carbons (Fsp3) is 0.429. The minimum absolute atomic E-state index is 0.0183. The second-order valence-electron chi connectivity index (χ2n) is 5.23. The van der Waals surface area contributed by atoms with Crippen molar-refractivity contribution in [1.29, 1.82) is 0 Å². The Labute approximate surface area is 135 Å². The van der Waals surface area contributed by atoms with Crippen LogP contribution in [0, 0.1) is 15.3 Å². The van der Waals surface area contributed by atoms with Gasteiger partial charge in [-0.15, -0.1) is 0 Å². The molecule has 0 spiro atoms. The smallest absolute Gasteiger partial charge is 0.414 e. The SMILES string of the molecule is O=C(NC[C@@H]1CN(c2ccc(I)c(F)c2)C(=O)O1)C1CC1. The second-order valence-corrected chi connectivity index (χ2v) is 6.40. The van der Waals surface area contributed by atoms with Crippen molar-refractivity contribution >= 4 is 40.3 Å². The van der Waals surface area contributed by atoms with Crippen molar-refractivity contribution in [3.63, 3.8) is 0 Å². The largest absolute Gasteiger partial charge is 0.442 e. The van der Waals surface area contributed by atoms with Gasteiger partial charge in [-0.25, -0.2) is 9.18 Å². The van der Waals surface area contributed by atoms with Gasteiger partial charge in [0.15, 0.2) is 0 Å². The number of benzene rings is 1. The summed E-state index contributed by atoms with van der Waals surface area (Å²) in [4.78, 5) is 24.8. The van der Waals surface area contributed by atoms with Crippen molar-refractivity contribution in [2.45, 2.75) is 18.9 Å². The Bertz CT molecular complexity index is 592. The van der Waals surface area contributed by atoms with E-state index in [-0.39, 0.29) is 17.6 Å². The van der Waals surface area contributed by atoms with Gasteiger partial charge in [0.05, 0.1) is 18.8 Å². The molecule has 1 aromatic rings. The molecule has 2 aliphatic rings. The normalized spacial score (nSPS) is 21.3. The number of amides is 2. The van der Waals surface area contributed by atoms with Gasteiger partial charge in [-0.3, -0.25) is 9.69 Å². The van der Waals surface area contributed by atoms with E-state index in [1.165, 1.54) is 11.0 Å². The number of nitrogens with zero attached hydrogens (tertiary/aromatic N) is 1. The highest BCUT2D eigenvalue weighted by Gasteiger charge is 2.34. The molecule has 2 fully saturated rings. The summed E-state index contributed by atoms with van der Waals surface area (Å²) < 4.78 is 19.3. The summed E-state index contributed by atoms with van der Waals surface area (Å²) >= 11 is 1.89. The molecular weight excluding hydrogens is 390 g/mol. The number of halogens is 2. The monoisotopic (exact) mass is 404 g/mol. The Morgan fingerprint density at radius 3 is 2.90 bits per heavy atom. The Hall–Kier alpha value is -1.38. The van der Waals surface area contributed by atoms with E-state index in [1.807, 2.05) is 22.6 Å².